The Balaban J connectivity index is 2.38. The zero-order chi connectivity index (χ0) is 14.7. The lowest BCUT2D eigenvalue weighted by Gasteiger charge is -2.10. The first-order chi connectivity index (χ1) is 9.47. The summed E-state index contributed by atoms with van der Waals surface area (Å²) in [6.07, 6.45) is 0. The molecule has 0 heterocycles. The molecular weight excluding hydrogens is 258 g/mol. The largest absolute Gasteiger partial charge is 0.478 e. The molecule has 0 radical (unpaired) electrons. The van der Waals surface area contributed by atoms with Gasteiger partial charge in [-0.05, 0) is 37.3 Å². The van der Waals surface area contributed by atoms with Crippen molar-refractivity contribution in [1.82, 2.24) is 0 Å². The highest BCUT2D eigenvalue weighted by atomic mass is 16.4. The summed E-state index contributed by atoms with van der Waals surface area (Å²) in [6, 6.07) is 11.4. The van der Waals surface area contributed by atoms with Gasteiger partial charge in [0.2, 0.25) is 0 Å². The molecule has 0 atom stereocenters. The monoisotopic (exact) mass is 271 g/mol. The topological polar surface area (TPSA) is 86.6 Å². The second kappa shape index (κ2) is 5.44. The normalized spacial score (nSPS) is 10.1. The van der Waals surface area contributed by atoms with E-state index in [0.717, 1.165) is 17.3 Å². The van der Waals surface area contributed by atoms with Crippen molar-refractivity contribution >= 4 is 23.3 Å². The van der Waals surface area contributed by atoms with Gasteiger partial charge in [0.05, 0.1) is 16.8 Å². The summed E-state index contributed by atoms with van der Waals surface area (Å²) in [5.74, 6) is -2.34. The Morgan fingerprint density at radius 1 is 0.950 bits per heavy atom. The van der Waals surface area contributed by atoms with E-state index < -0.39 is 11.9 Å². The Morgan fingerprint density at radius 3 is 2.15 bits per heavy atom. The average Bonchev–Trinajstić information content (AvgIpc) is 2.41. The van der Waals surface area contributed by atoms with Crippen LogP contribution < -0.4 is 5.32 Å². The van der Waals surface area contributed by atoms with Crippen LogP contribution in [0.3, 0.4) is 0 Å². The molecule has 0 aromatic heterocycles. The third-order valence-corrected chi connectivity index (χ3v) is 2.83. The smallest absolute Gasteiger partial charge is 0.337 e. The molecule has 2 rings (SSSR count). The van der Waals surface area contributed by atoms with Crippen LogP contribution >= 0.6 is 0 Å². The third-order valence-electron chi connectivity index (χ3n) is 2.83. The second-order valence-electron chi connectivity index (χ2n) is 4.36. The third kappa shape index (κ3) is 2.95. The van der Waals surface area contributed by atoms with Crippen molar-refractivity contribution in [3.05, 3.63) is 59.2 Å². The standard InChI is InChI=1S/C15H13NO4/c1-9-2-5-11(6-3-9)16-13-7-4-10(14(17)18)8-12(13)15(19)20/h2-8,16H,1H3,(H,17,18)(H,19,20). The molecule has 0 fully saturated rings. The highest BCUT2D eigenvalue weighted by molar-refractivity contribution is 5.99. The molecule has 0 spiro atoms. The first kappa shape index (κ1) is 13.6. The van der Waals surface area contributed by atoms with E-state index in [-0.39, 0.29) is 11.1 Å². The molecule has 102 valence electrons. The number of carboxylic acids is 2. The molecule has 5 nitrogen and oxygen atoms in total. The Bertz CT molecular complexity index is 662. The number of carboxylic acid groups (broad SMARTS) is 2. The summed E-state index contributed by atoms with van der Waals surface area (Å²) in [5, 5.41) is 21.0. The Labute approximate surface area is 115 Å². The van der Waals surface area contributed by atoms with E-state index >= 15 is 0 Å². The number of nitrogens with one attached hydrogen (secondary N) is 1. The summed E-state index contributed by atoms with van der Waals surface area (Å²) in [4.78, 5) is 22.1. The van der Waals surface area contributed by atoms with E-state index in [1.54, 1.807) is 0 Å². The van der Waals surface area contributed by atoms with Crippen LogP contribution in [0.2, 0.25) is 0 Å². The van der Waals surface area contributed by atoms with E-state index in [1.807, 2.05) is 31.2 Å². The molecule has 0 aliphatic carbocycles. The number of benzene rings is 2. The fourth-order valence-corrected chi connectivity index (χ4v) is 1.76. The molecule has 0 saturated heterocycles. The Hall–Kier alpha value is -2.82. The molecule has 2 aromatic carbocycles. The van der Waals surface area contributed by atoms with E-state index in [2.05, 4.69) is 5.32 Å². The van der Waals surface area contributed by atoms with Crippen LogP contribution in [0.15, 0.2) is 42.5 Å². The number of aryl methyl sites for hydroxylation is 1. The molecule has 2 aromatic rings. The predicted molar refractivity (Wildman–Crippen MR) is 74.8 cm³/mol. The number of hydrogen-bond donors (Lipinski definition) is 3. The van der Waals surface area contributed by atoms with Gasteiger partial charge in [0.15, 0.2) is 0 Å². The van der Waals surface area contributed by atoms with Crippen molar-refractivity contribution in [2.75, 3.05) is 5.32 Å². The van der Waals surface area contributed by atoms with Gasteiger partial charge in [0.1, 0.15) is 0 Å². The zero-order valence-electron chi connectivity index (χ0n) is 10.8. The summed E-state index contributed by atoms with van der Waals surface area (Å²) in [5.41, 5.74) is 2.05. The number of anilines is 2. The van der Waals surface area contributed by atoms with Crippen molar-refractivity contribution < 1.29 is 19.8 Å². The van der Waals surface area contributed by atoms with Crippen molar-refractivity contribution in [3.63, 3.8) is 0 Å². The van der Waals surface area contributed by atoms with Crippen molar-refractivity contribution in [1.29, 1.82) is 0 Å². The van der Waals surface area contributed by atoms with Crippen LogP contribution in [-0.4, -0.2) is 22.2 Å². The maximum absolute atomic E-state index is 11.2. The quantitative estimate of drug-likeness (QED) is 0.795. The molecule has 3 N–H and O–H groups in total. The summed E-state index contributed by atoms with van der Waals surface area (Å²) < 4.78 is 0. The highest BCUT2D eigenvalue weighted by Crippen LogP contribution is 2.23. The van der Waals surface area contributed by atoms with Gasteiger partial charge in [0.25, 0.3) is 0 Å². The summed E-state index contributed by atoms with van der Waals surface area (Å²) >= 11 is 0. The van der Waals surface area contributed by atoms with Gasteiger partial charge in [-0.2, -0.15) is 0 Å². The van der Waals surface area contributed by atoms with Gasteiger partial charge in [0, 0.05) is 5.69 Å². The van der Waals surface area contributed by atoms with Crippen LogP contribution in [0.5, 0.6) is 0 Å². The molecule has 0 amide bonds. The highest BCUT2D eigenvalue weighted by Gasteiger charge is 2.14. The van der Waals surface area contributed by atoms with Crippen LogP contribution in [0.25, 0.3) is 0 Å². The maximum atomic E-state index is 11.2. The van der Waals surface area contributed by atoms with Crippen molar-refractivity contribution in [2.45, 2.75) is 6.92 Å². The van der Waals surface area contributed by atoms with Gasteiger partial charge < -0.3 is 15.5 Å². The lowest BCUT2D eigenvalue weighted by Crippen LogP contribution is -2.06. The van der Waals surface area contributed by atoms with Crippen LogP contribution in [0.1, 0.15) is 26.3 Å². The first-order valence-electron chi connectivity index (χ1n) is 5.91. The molecule has 0 aliphatic rings. The van der Waals surface area contributed by atoms with Gasteiger partial charge in [-0.1, -0.05) is 17.7 Å². The van der Waals surface area contributed by atoms with Gasteiger partial charge in [-0.25, -0.2) is 9.59 Å². The molecule has 0 unspecified atom stereocenters. The second-order valence-corrected chi connectivity index (χ2v) is 4.36. The van der Waals surface area contributed by atoms with E-state index in [1.165, 1.54) is 12.1 Å². The predicted octanol–water partition coefficient (Wildman–Crippen LogP) is 3.14. The van der Waals surface area contributed by atoms with E-state index in [9.17, 15) is 9.59 Å². The molecular formula is C15H13NO4. The summed E-state index contributed by atoms with van der Waals surface area (Å²) in [7, 11) is 0. The fraction of sp³-hybridized carbons (Fsp3) is 0.0667. The molecule has 5 heteroatoms. The fourth-order valence-electron chi connectivity index (χ4n) is 1.76. The number of aromatic carboxylic acids is 2. The Kier molecular flexibility index (Phi) is 3.70. The number of rotatable bonds is 4. The Morgan fingerprint density at radius 2 is 1.60 bits per heavy atom. The van der Waals surface area contributed by atoms with Gasteiger partial charge in [-0.15, -0.1) is 0 Å². The first-order valence-corrected chi connectivity index (χ1v) is 5.91. The van der Waals surface area contributed by atoms with Crippen LogP contribution in [0.4, 0.5) is 11.4 Å². The molecule has 20 heavy (non-hydrogen) atoms. The minimum Gasteiger partial charge on any atom is -0.478 e. The van der Waals surface area contributed by atoms with E-state index in [4.69, 9.17) is 10.2 Å². The minimum absolute atomic E-state index is 0.0585. The average molecular weight is 271 g/mol. The van der Waals surface area contributed by atoms with Gasteiger partial charge in [-0.3, -0.25) is 0 Å². The number of carbonyl (C=O) groups is 2. The maximum Gasteiger partial charge on any atom is 0.337 e. The van der Waals surface area contributed by atoms with E-state index in [0.29, 0.717) is 5.69 Å². The van der Waals surface area contributed by atoms with Crippen LogP contribution in [-0.2, 0) is 0 Å². The minimum atomic E-state index is -1.18. The zero-order valence-corrected chi connectivity index (χ0v) is 10.8. The lowest BCUT2D eigenvalue weighted by molar-refractivity contribution is 0.0696. The van der Waals surface area contributed by atoms with Crippen molar-refractivity contribution in [2.24, 2.45) is 0 Å². The van der Waals surface area contributed by atoms with Crippen LogP contribution in [0, 0.1) is 6.92 Å². The SMILES string of the molecule is Cc1ccc(Nc2ccc(C(=O)O)cc2C(=O)O)cc1. The number of hydrogen-bond acceptors (Lipinski definition) is 3. The summed E-state index contributed by atoms with van der Waals surface area (Å²) in [6.45, 7) is 1.95. The van der Waals surface area contributed by atoms with Crippen molar-refractivity contribution in [3.8, 4) is 0 Å². The molecule has 0 saturated carbocycles. The molecule has 0 aliphatic heterocycles. The molecule has 0 bridgehead atoms. The lowest BCUT2D eigenvalue weighted by atomic mass is 10.1. The van der Waals surface area contributed by atoms with Gasteiger partial charge >= 0.3 is 11.9 Å².